The molecule has 1 atom stereocenters. The number of ether oxygens (including phenoxy) is 1. The van der Waals surface area contributed by atoms with E-state index in [-0.39, 0.29) is 0 Å². The molecule has 2 rings (SSSR count). The van der Waals surface area contributed by atoms with E-state index in [2.05, 4.69) is 17.1 Å². The Bertz CT molecular complexity index is 176. The smallest absolute Gasteiger partial charge is 0.0672 e. The predicted octanol–water partition coefficient (Wildman–Crippen LogP) is 1.24. The van der Waals surface area contributed by atoms with Crippen molar-refractivity contribution in [3.05, 3.63) is 0 Å². The van der Waals surface area contributed by atoms with Gasteiger partial charge in [-0.25, -0.2) is 0 Å². The lowest BCUT2D eigenvalue weighted by atomic mass is 10.4. The zero-order chi connectivity index (χ0) is 10.5. The number of nitrogens with one attached hydrogen (secondary N) is 1. The molecule has 0 aromatic heterocycles. The summed E-state index contributed by atoms with van der Waals surface area (Å²) in [5, 5.41) is 3.50. The molecule has 0 radical (unpaired) electrons. The maximum atomic E-state index is 5.78. The van der Waals surface area contributed by atoms with Crippen LogP contribution in [0.5, 0.6) is 0 Å². The summed E-state index contributed by atoms with van der Waals surface area (Å²) in [6.45, 7) is 7.75. The molecule has 15 heavy (non-hydrogen) atoms. The van der Waals surface area contributed by atoms with Gasteiger partial charge in [0.2, 0.25) is 0 Å². The Morgan fingerprint density at radius 1 is 1.33 bits per heavy atom. The molecule has 1 aliphatic carbocycles. The first kappa shape index (κ1) is 11.4. The molecule has 1 N–H and O–H groups in total. The van der Waals surface area contributed by atoms with Crippen LogP contribution in [0, 0.1) is 0 Å². The van der Waals surface area contributed by atoms with E-state index >= 15 is 0 Å². The van der Waals surface area contributed by atoms with Crippen LogP contribution in [-0.4, -0.2) is 49.8 Å². The Kier molecular flexibility index (Phi) is 4.42. The first-order valence-corrected chi connectivity index (χ1v) is 6.42. The topological polar surface area (TPSA) is 24.5 Å². The van der Waals surface area contributed by atoms with Crippen LogP contribution < -0.4 is 5.32 Å². The quantitative estimate of drug-likeness (QED) is 0.687. The van der Waals surface area contributed by atoms with Crippen LogP contribution in [0.3, 0.4) is 0 Å². The summed E-state index contributed by atoms with van der Waals surface area (Å²) in [4.78, 5) is 2.50. The van der Waals surface area contributed by atoms with Gasteiger partial charge >= 0.3 is 0 Å². The van der Waals surface area contributed by atoms with Crippen molar-refractivity contribution in [3.8, 4) is 0 Å². The predicted molar refractivity (Wildman–Crippen MR) is 62.1 cm³/mol. The summed E-state index contributed by atoms with van der Waals surface area (Å²) in [5.74, 6) is 0. The lowest BCUT2D eigenvalue weighted by Gasteiger charge is -2.18. The second-order valence-corrected chi connectivity index (χ2v) is 4.91. The van der Waals surface area contributed by atoms with Crippen LogP contribution in [-0.2, 0) is 4.74 Å². The van der Waals surface area contributed by atoms with Crippen molar-refractivity contribution in [2.75, 3.05) is 32.8 Å². The van der Waals surface area contributed by atoms with Gasteiger partial charge in [-0.15, -0.1) is 0 Å². The minimum atomic E-state index is 0.369. The van der Waals surface area contributed by atoms with Crippen molar-refractivity contribution < 1.29 is 4.74 Å². The van der Waals surface area contributed by atoms with Gasteiger partial charge in [-0.3, -0.25) is 0 Å². The molecule has 3 heteroatoms. The van der Waals surface area contributed by atoms with Gasteiger partial charge in [0, 0.05) is 19.1 Å². The highest BCUT2D eigenvalue weighted by molar-refractivity contribution is 4.81. The van der Waals surface area contributed by atoms with E-state index in [1.807, 2.05) is 0 Å². The molecule has 1 unspecified atom stereocenters. The first-order valence-electron chi connectivity index (χ1n) is 6.42. The number of hydrogen-bond acceptors (Lipinski definition) is 3. The second-order valence-electron chi connectivity index (χ2n) is 4.91. The van der Waals surface area contributed by atoms with E-state index in [0.29, 0.717) is 6.10 Å². The average molecular weight is 212 g/mol. The van der Waals surface area contributed by atoms with Crippen LogP contribution in [0.1, 0.15) is 32.6 Å². The van der Waals surface area contributed by atoms with Crippen LogP contribution in [0.25, 0.3) is 0 Å². The van der Waals surface area contributed by atoms with Gasteiger partial charge in [0.15, 0.2) is 0 Å². The minimum Gasteiger partial charge on any atom is -0.376 e. The van der Waals surface area contributed by atoms with E-state index in [1.165, 1.54) is 38.8 Å². The van der Waals surface area contributed by atoms with E-state index in [0.717, 1.165) is 25.7 Å². The Morgan fingerprint density at radius 3 is 2.73 bits per heavy atom. The molecule has 88 valence electrons. The molecule has 2 fully saturated rings. The fourth-order valence-electron chi connectivity index (χ4n) is 2.07. The summed E-state index contributed by atoms with van der Waals surface area (Å²) in [5.41, 5.74) is 0. The summed E-state index contributed by atoms with van der Waals surface area (Å²) in [7, 11) is 0. The SMILES string of the molecule is CC(CNC1CC1)OCCN1CCCC1. The van der Waals surface area contributed by atoms with Gasteiger partial charge < -0.3 is 15.0 Å². The Morgan fingerprint density at radius 2 is 2.07 bits per heavy atom. The maximum Gasteiger partial charge on any atom is 0.0672 e. The Hall–Kier alpha value is -0.120. The van der Waals surface area contributed by atoms with Gasteiger partial charge in [0.1, 0.15) is 0 Å². The first-order chi connectivity index (χ1) is 7.34. The third kappa shape index (κ3) is 4.49. The third-order valence-electron chi connectivity index (χ3n) is 3.28. The number of rotatable bonds is 7. The molecule has 2 aliphatic rings. The molecule has 0 aromatic carbocycles. The van der Waals surface area contributed by atoms with Gasteiger partial charge in [-0.2, -0.15) is 0 Å². The molecule has 3 nitrogen and oxygen atoms in total. The molecule has 1 saturated carbocycles. The monoisotopic (exact) mass is 212 g/mol. The van der Waals surface area contributed by atoms with Crippen LogP contribution in [0.4, 0.5) is 0 Å². The minimum absolute atomic E-state index is 0.369. The van der Waals surface area contributed by atoms with E-state index in [9.17, 15) is 0 Å². The largest absolute Gasteiger partial charge is 0.376 e. The van der Waals surface area contributed by atoms with Crippen LogP contribution in [0.15, 0.2) is 0 Å². The van der Waals surface area contributed by atoms with Crippen molar-refractivity contribution in [2.45, 2.75) is 44.8 Å². The summed E-state index contributed by atoms with van der Waals surface area (Å²) >= 11 is 0. The van der Waals surface area contributed by atoms with Gasteiger partial charge in [0.05, 0.1) is 12.7 Å². The molecule has 1 aliphatic heterocycles. The number of likely N-dealkylation sites (tertiary alicyclic amines) is 1. The van der Waals surface area contributed by atoms with Crippen molar-refractivity contribution in [1.29, 1.82) is 0 Å². The molecule has 1 saturated heterocycles. The van der Waals surface area contributed by atoms with Crippen LogP contribution in [0.2, 0.25) is 0 Å². The molecular weight excluding hydrogens is 188 g/mol. The van der Waals surface area contributed by atoms with Crippen molar-refractivity contribution >= 4 is 0 Å². The van der Waals surface area contributed by atoms with Crippen molar-refractivity contribution in [1.82, 2.24) is 10.2 Å². The van der Waals surface area contributed by atoms with Crippen LogP contribution >= 0.6 is 0 Å². The number of hydrogen-bond donors (Lipinski definition) is 1. The zero-order valence-corrected chi connectivity index (χ0v) is 9.87. The van der Waals surface area contributed by atoms with Crippen molar-refractivity contribution in [3.63, 3.8) is 0 Å². The zero-order valence-electron chi connectivity index (χ0n) is 9.87. The summed E-state index contributed by atoms with van der Waals surface area (Å²) in [6, 6.07) is 0.801. The fourth-order valence-corrected chi connectivity index (χ4v) is 2.07. The van der Waals surface area contributed by atoms with Gasteiger partial charge in [-0.05, 0) is 45.7 Å². The summed E-state index contributed by atoms with van der Waals surface area (Å²) in [6.07, 6.45) is 5.84. The Labute approximate surface area is 93.2 Å². The van der Waals surface area contributed by atoms with Crippen molar-refractivity contribution in [2.24, 2.45) is 0 Å². The fraction of sp³-hybridized carbons (Fsp3) is 1.00. The van der Waals surface area contributed by atoms with Gasteiger partial charge in [0.25, 0.3) is 0 Å². The lowest BCUT2D eigenvalue weighted by molar-refractivity contribution is 0.0521. The second kappa shape index (κ2) is 5.83. The highest BCUT2D eigenvalue weighted by Crippen LogP contribution is 2.18. The number of nitrogens with zero attached hydrogens (tertiary/aromatic N) is 1. The normalized spacial score (nSPS) is 24.6. The van der Waals surface area contributed by atoms with Gasteiger partial charge in [-0.1, -0.05) is 0 Å². The molecule has 0 aromatic rings. The Balaban J connectivity index is 1.44. The maximum absolute atomic E-state index is 5.78. The molecule has 0 amide bonds. The average Bonchev–Trinajstić information content (AvgIpc) is 2.92. The molecule has 1 heterocycles. The highest BCUT2D eigenvalue weighted by atomic mass is 16.5. The summed E-state index contributed by atoms with van der Waals surface area (Å²) < 4.78 is 5.78. The standard InChI is InChI=1S/C12H24N2O/c1-11(10-13-12-4-5-12)15-9-8-14-6-2-3-7-14/h11-13H,2-10H2,1H3. The van der Waals surface area contributed by atoms with E-state index in [1.54, 1.807) is 0 Å². The molecule has 0 bridgehead atoms. The molecule has 0 spiro atoms. The van der Waals surface area contributed by atoms with E-state index < -0.39 is 0 Å². The highest BCUT2D eigenvalue weighted by Gasteiger charge is 2.21. The molecular formula is C12H24N2O. The lowest BCUT2D eigenvalue weighted by Crippen LogP contribution is -2.31. The van der Waals surface area contributed by atoms with E-state index in [4.69, 9.17) is 4.74 Å². The third-order valence-corrected chi connectivity index (χ3v) is 3.28.